The van der Waals surface area contributed by atoms with Gasteiger partial charge in [-0.15, -0.1) is 0 Å². The molecule has 0 atom stereocenters. The fourth-order valence-electron chi connectivity index (χ4n) is 10.7. The molecule has 93 heavy (non-hydrogen) atoms. The lowest BCUT2D eigenvalue weighted by molar-refractivity contribution is -0.165. The molecule has 0 saturated heterocycles. The first-order valence-corrected chi connectivity index (χ1v) is 31.6. The van der Waals surface area contributed by atoms with Gasteiger partial charge in [-0.2, -0.15) is 0 Å². The van der Waals surface area contributed by atoms with Crippen molar-refractivity contribution in [2.45, 2.75) is 73.1 Å². The zero-order valence-electron chi connectivity index (χ0n) is 57.1. The van der Waals surface area contributed by atoms with Crippen molar-refractivity contribution in [3.8, 4) is 56.4 Å². The molecule has 504 valence electrons. The SMILES string of the molecule is CC(=O)OCBr.CCN(CCCC(=O)O)c1cc(OC)c(-c2c3ccc(=[N+](C)C)cc-3oc3cc(N(C)C)ccc23)cc1C(C)C.CCN(CCCC(=O)OCOC(C)=O)c1cc(OC)c(-c2c3ccc(=[N+](C)C)cc-3oc3cc(N(C)C)ccc23)cc1N(C)C.[Cl-].[Cl-]. The van der Waals surface area contributed by atoms with Crippen molar-refractivity contribution < 1.29 is 81.6 Å². The number of anilines is 5. The molecule has 0 bridgehead atoms. The predicted molar refractivity (Wildman–Crippen MR) is 371 cm³/mol. The highest BCUT2D eigenvalue weighted by atomic mass is 79.9. The number of nitrogens with zero attached hydrogens (tertiary/aromatic N) is 7. The number of ether oxygens (including phenoxy) is 5. The van der Waals surface area contributed by atoms with Gasteiger partial charge in [0.15, 0.2) is 0 Å². The highest BCUT2D eigenvalue weighted by Crippen LogP contribution is 2.49. The lowest BCUT2D eigenvalue weighted by Crippen LogP contribution is -3.00. The van der Waals surface area contributed by atoms with Crippen LogP contribution in [0.4, 0.5) is 28.4 Å². The van der Waals surface area contributed by atoms with Crippen LogP contribution in [0.2, 0.25) is 0 Å². The van der Waals surface area contributed by atoms with Crippen LogP contribution in [0.3, 0.4) is 0 Å². The van der Waals surface area contributed by atoms with E-state index in [-0.39, 0.29) is 56.3 Å². The van der Waals surface area contributed by atoms with Gasteiger partial charge in [-0.1, -0.05) is 13.8 Å². The number of carboxylic acids is 1. The first kappa shape index (κ1) is 77.2. The maximum atomic E-state index is 12.2. The van der Waals surface area contributed by atoms with Gasteiger partial charge in [0.2, 0.25) is 17.5 Å². The summed E-state index contributed by atoms with van der Waals surface area (Å²) in [6.07, 6.45) is 1.52. The second-order valence-electron chi connectivity index (χ2n) is 23.2. The molecular weight excluding hydrogens is 1290 g/mol. The molecule has 0 radical (unpaired) electrons. The third kappa shape index (κ3) is 19.7. The highest BCUT2D eigenvalue weighted by molar-refractivity contribution is 9.09. The Kier molecular flexibility index (Phi) is 29.7. The minimum Gasteiger partial charge on any atom is -1.00 e. The van der Waals surface area contributed by atoms with E-state index >= 15 is 0 Å². The van der Waals surface area contributed by atoms with Gasteiger partial charge in [0.05, 0.1) is 37.7 Å². The summed E-state index contributed by atoms with van der Waals surface area (Å²) in [5.74, 6) is 1.43. The van der Waals surface area contributed by atoms with Crippen LogP contribution in [0.25, 0.3) is 66.8 Å². The summed E-state index contributed by atoms with van der Waals surface area (Å²) < 4.78 is 43.4. The van der Waals surface area contributed by atoms with Crippen molar-refractivity contribution in [1.82, 2.24) is 9.15 Å². The number of hydrogen-bond acceptors (Lipinski definition) is 16. The van der Waals surface area contributed by atoms with Crippen LogP contribution < -0.4 is 78.7 Å². The Balaban J connectivity index is 0.000000359. The number of benzene rings is 6. The number of fused-ring (bicyclic) bond motifs is 4. The average molecular weight is 1390 g/mol. The number of alkyl halides is 1. The minimum absolute atomic E-state index is 0. The Morgan fingerprint density at radius 1 is 0.548 bits per heavy atom. The summed E-state index contributed by atoms with van der Waals surface area (Å²) in [7, 11) is 23.6. The van der Waals surface area contributed by atoms with Gasteiger partial charge in [0.1, 0.15) is 67.9 Å². The third-order valence-corrected chi connectivity index (χ3v) is 15.8. The molecule has 4 aromatic rings. The lowest BCUT2D eigenvalue weighted by Gasteiger charge is -2.30. The number of carbonyl (C=O) groups excluding carboxylic acids is 3. The van der Waals surface area contributed by atoms with Gasteiger partial charge in [-0.3, -0.25) is 19.2 Å². The molecular formula is C71H92BrCl2N7O12. The topological polar surface area (TPSA) is 183 Å². The number of rotatable bonds is 23. The lowest BCUT2D eigenvalue weighted by atomic mass is 9.89. The van der Waals surface area contributed by atoms with Crippen molar-refractivity contribution >= 4 is 90.2 Å². The first-order chi connectivity index (χ1) is 43.3. The zero-order chi connectivity index (χ0) is 67.0. The Bertz CT molecular complexity index is 3950. The Hall–Kier alpha value is -8.20. The minimum atomic E-state index is -0.767. The molecule has 22 heteroatoms. The molecule has 19 nitrogen and oxygen atoms in total. The van der Waals surface area contributed by atoms with Gasteiger partial charge in [0.25, 0.3) is 0 Å². The number of hydrogen-bond donors (Lipinski definition) is 1. The smallest absolute Gasteiger partial charge is 0.308 e. The fourth-order valence-corrected chi connectivity index (χ4v) is 11.0. The number of methoxy groups -OCH3 is 2. The molecule has 0 fully saturated rings. The molecule has 8 rings (SSSR count). The maximum Gasteiger partial charge on any atom is 0.308 e. The number of aliphatic carboxylic acids is 1. The van der Waals surface area contributed by atoms with Crippen LogP contribution in [0.15, 0.2) is 106 Å². The molecule has 0 spiro atoms. The molecule has 4 aliphatic rings. The summed E-state index contributed by atoms with van der Waals surface area (Å²) in [4.78, 5) is 54.8. The van der Waals surface area contributed by atoms with E-state index in [1.165, 1.54) is 19.4 Å². The molecule has 0 amide bonds. The second-order valence-corrected chi connectivity index (χ2v) is 23.7. The number of halogens is 3. The molecule has 2 aliphatic heterocycles. The largest absolute Gasteiger partial charge is 1.00 e. The standard InChI is InChI=1S/C35H45N4O6.C33H41N3O4.C3H5BrO2.2ClH/c1-10-39(17-11-12-34(41)44-22-43-23(2)40)30-21-31(42-9)28(20-29(30)38(7)8)35-26-15-13-24(36(3)4)18-32(26)45-33-19-25(37(5)6)14-16-27(33)35;1-9-36(16-10-11-32(37)38)28-20-29(39-8)27(19-26(28)21(2)3)33-24-14-12-22(34(4)5)17-30(24)40-31-18-23(35(6)7)13-15-25(31)33;1-3(5)6-2-4;;/h13-16,18-21H,10-12,17,22H2,1-9H3;12-15,17-21H,9-11,16H2,1-8H3;2H2,1H3;2*1H/q+1;;;;/p-1. The number of carboxylic acid groups (broad SMARTS) is 1. The van der Waals surface area contributed by atoms with Crippen molar-refractivity contribution in [1.29, 1.82) is 0 Å². The van der Waals surface area contributed by atoms with E-state index in [0.717, 1.165) is 131 Å². The predicted octanol–water partition coefficient (Wildman–Crippen LogP) is 6.08. The summed E-state index contributed by atoms with van der Waals surface area (Å²) in [5, 5.41) is 13.3. The van der Waals surface area contributed by atoms with Crippen LogP contribution in [0.1, 0.15) is 78.7 Å². The molecule has 2 aliphatic carbocycles. The number of carbonyl (C=O) groups is 4. The fraction of sp³-hybridized carbons (Fsp3) is 0.408. The van der Waals surface area contributed by atoms with Crippen molar-refractivity contribution in [3.63, 3.8) is 0 Å². The summed E-state index contributed by atoms with van der Waals surface area (Å²) >= 11 is 2.91. The van der Waals surface area contributed by atoms with Gasteiger partial charge in [-0.25, -0.2) is 9.15 Å². The Morgan fingerprint density at radius 3 is 1.39 bits per heavy atom. The normalized spacial score (nSPS) is 10.7. The summed E-state index contributed by atoms with van der Waals surface area (Å²) in [6.45, 7) is 13.7. The molecule has 1 N–H and O–H groups in total. The van der Waals surface area contributed by atoms with Crippen LogP contribution in [0, 0.1) is 0 Å². The maximum absolute atomic E-state index is 12.2. The van der Waals surface area contributed by atoms with Crippen LogP contribution in [-0.2, 0) is 33.4 Å². The summed E-state index contributed by atoms with van der Waals surface area (Å²) in [6, 6.07) is 33.9. The van der Waals surface area contributed by atoms with Crippen LogP contribution in [0.5, 0.6) is 11.5 Å². The molecule has 0 unspecified atom stereocenters. The van der Waals surface area contributed by atoms with E-state index in [2.05, 4.69) is 179 Å². The van der Waals surface area contributed by atoms with E-state index in [1.54, 1.807) is 14.2 Å². The highest BCUT2D eigenvalue weighted by Gasteiger charge is 2.27. The zero-order valence-corrected chi connectivity index (χ0v) is 60.2. The third-order valence-electron chi connectivity index (χ3n) is 15.5. The van der Waals surface area contributed by atoms with Crippen molar-refractivity contribution in [2.75, 3.05) is 148 Å². The van der Waals surface area contributed by atoms with Crippen molar-refractivity contribution in [3.05, 3.63) is 113 Å². The van der Waals surface area contributed by atoms with E-state index in [1.807, 2.05) is 70.5 Å². The van der Waals surface area contributed by atoms with Gasteiger partial charge in [-0.05, 0) is 103 Å². The summed E-state index contributed by atoms with van der Waals surface area (Å²) in [5.41, 5.74) is 14.4. The molecule has 2 heterocycles. The molecule has 0 aromatic heterocycles. The van der Waals surface area contributed by atoms with Gasteiger partial charge in [0, 0.05) is 193 Å². The quantitative estimate of drug-likeness (QED) is 0.0255. The van der Waals surface area contributed by atoms with Gasteiger partial charge < -0.3 is 86.9 Å². The molecule has 4 aromatic carbocycles. The average Bonchev–Trinajstić information content (AvgIpc) is 0.751. The number of esters is 3. The van der Waals surface area contributed by atoms with E-state index in [0.29, 0.717) is 31.4 Å². The van der Waals surface area contributed by atoms with E-state index in [9.17, 15) is 24.3 Å². The Labute approximate surface area is 568 Å². The Morgan fingerprint density at radius 2 is 1.00 bits per heavy atom. The van der Waals surface area contributed by atoms with Crippen molar-refractivity contribution in [2.24, 2.45) is 0 Å². The van der Waals surface area contributed by atoms with Gasteiger partial charge >= 0.3 is 23.9 Å². The van der Waals surface area contributed by atoms with E-state index in [4.69, 9.17) is 27.8 Å². The first-order valence-electron chi connectivity index (χ1n) is 30.5. The monoisotopic (exact) mass is 1380 g/mol. The van der Waals surface area contributed by atoms with E-state index < -0.39 is 17.9 Å². The van der Waals surface area contributed by atoms with Crippen LogP contribution >= 0.6 is 15.9 Å². The second kappa shape index (κ2) is 35.7. The van der Waals surface area contributed by atoms with Crippen LogP contribution in [-0.4, -0.2) is 152 Å². The molecule has 0 saturated carbocycles.